The highest BCUT2D eigenvalue weighted by atomic mass is 32.2. The van der Waals surface area contributed by atoms with Gasteiger partial charge in [0.2, 0.25) is 10.0 Å². The SMILES string of the molecule is O=C(O)c1ccc(O)c(NS(=O)(=O)CC2CCCO2)c1. The van der Waals surface area contributed by atoms with Crippen LogP contribution in [0.25, 0.3) is 0 Å². The topological polar surface area (TPSA) is 113 Å². The molecule has 1 fully saturated rings. The number of nitrogens with one attached hydrogen (secondary N) is 1. The summed E-state index contributed by atoms with van der Waals surface area (Å²) >= 11 is 0. The number of carbonyl (C=O) groups is 1. The van der Waals surface area contributed by atoms with Gasteiger partial charge >= 0.3 is 5.97 Å². The van der Waals surface area contributed by atoms with Gasteiger partial charge in [0, 0.05) is 6.61 Å². The van der Waals surface area contributed by atoms with E-state index in [2.05, 4.69) is 4.72 Å². The standard InChI is InChI=1S/C12H15NO6S/c14-11-4-3-8(12(15)16)6-10(11)13-20(17,18)7-9-2-1-5-19-9/h3-4,6,9,13-14H,1-2,5,7H2,(H,15,16). The zero-order chi connectivity index (χ0) is 14.8. The van der Waals surface area contributed by atoms with Crippen molar-refractivity contribution in [2.75, 3.05) is 17.1 Å². The number of benzene rings is 1. The molecule has 3 N–H and O–H groups in total. The number of aromatic hydroxyl groups is 1. The largest absolute Gasteiger partial charge is 0.506 e. The first-order chi connectivity index (χ1) is 9.37. The molecule has 1 atom stereocenters. The molecular formula is C12H15NO6S. The minimum absolute atomic E-state index is 0.113. The zero-order valence-electron chi connectivity index (χ0n) is 10.6. The minimum Gasteiger partial charge on any atom is -0.506 e. The second-order valence-electron chi connectivity index (χ2n) is 4.56. The number of carboxylic acids is 1. The third-order valence-electron chi connectivity index (χ3n) is 2.94. The Morgan fingerprint density at radius 1 is 1.45 bits per heavy atom. The Bertz CT molecular complexity index is 606. The van der Waals surface area contributed by atoms with E-state index in [1.165, 1.54) is 6.07 Å². The highest BCUT2D eigenvalue weighted by Crippen LogP contribution is 2.26. The molecule has 0 spiro atoms. The van der Waals surface area contributed by atoms with Crippen LogP contribution in [0.3, 0.4) is 0 Å². The molecule has 1 saturated heterocycles. The monoisotopic (exact) mass is 301 g/mol. The van der Waals surface area contributed by atoms with E-state index in [1.54, 1.807) is 0 Å². The maximum absolute atomic E-state index is 11.9. The summed E-state index contributed by atoms with van der Waals surface area (Å²) < 4.78 is 31.3. The molecule has 1 heterocycles. The molecule has 110 valence electrons. The molecule has 1 unspecified atom stereocenters. The van der Waals surface area contributed by atoms with Gasteiger partial charge < -0.3 is 14.9 Å². The fraction of sp³-hybridized carbons (Fsp3) is 0.417. The van der Waals surface area contributed by atoms with E-state index in [0.717, 1.165) is 18.6 Å². The lowest BCUT2D eigenvalue weighted by molar-refractivity contribution is 0.0697. The summed E-state index contributed by atoms with van der Waals surface area (Å²) in [5.74, 6) is -1.75. The molecule has 0 aromatic heterocycles. The summed E-state index contributed by atoms with van der Waals surface area (Å²) in [6.45, 7) is 0.542. The van der Waals surface area contributed by atoms with Gasteiger partial charge in [0.1, 0.15) is 5.75 Å². The third-order valence-corrected chi connectivity index (χ3v) is 4.28. The molecule has 0 bridgehead atoms. The molecule has 1 aromatic rings. The Labute approximate surface area is 116 Å². The zero-order valence-corrected chi connectivity index (χ0v) is 11.4. The third kappa shape index (κ3) is 3.61. The minimum atomic E-state index is -3.71. The number of rotatable bonds is 5. The Morgan fingerprint density at radius 2 is 2.20 bits per heavy atom. The predicted molar refractivity (Wildman–Crippen MR) is 71.4 cm³/mol. The van der Waals surface area contributed by atoms with E-state index in [9.17, 15) is 18.3 Å². The summed E-state index contributed by atoms with van der Waals surface area (Å²) in [5, 5.41) is 18.4. The molecular weight excluding hydrogens is 286 g/mol. The highest BCUT2D eigenvalue weighted by molar-refractivity contribution is 7.92. The van der Waals surface area contributed by atoms with Crippen LogP contribution in [-0.4, -0.2) is 43.1 Å². The van der Waals surface area contributed by atoms with Crippen LogP contribution < -0.4 is 4.72 Å². The van der Waals surface area contributed by atoms with Crippen molar-refractivity contribution in [3.8, 4) is 5.75 Å². The van der Waals surface area contributed by atoms with Crippen molar-refractivity contribution in [2.24, 2.45) is 0 Å². The van der Waals surface area contributed by atoms with Crippen molar-refractivity contribution >= 4 is 21.7 Å². The summed E-state index contributed by atoms with van der Waals surface area (Å²) in [5.41, 5.74) is -0.263. The molecule has 0 aliphatic carbocycles. The molecule has 7 nitrogen and oxygen atoms in total. The van der Waals surface area contributed by atoms with E-state index < -0.39 is 16.0 Å². The highest BCUT2D eigenvalue weighted by Gasteiger charge is 2.24. The molecule has 1 aromatic carbocycles. The Hall–Kier alpha value is -1.80. The first-order valence-electron chi connectivity index (χ1n) is 6.06. The van der Waals surface area contributed by atoms with Gasteiger partial charge in [0.05, 0.1) is 23.1 Å². The van der Waals surface area contributed by atoms with Crippen LogP contribution in [0.1, 0.15) is 23.2 Å². The number of carboxylic acid groups (broad SMARTS) is 1. The molecule has 8 heteroatoms. The molecule has 20 heavy (non-hydrogen) atoms. The van der Waals surface area contributed by atoms with Gasteiger partial charge in [0.15, 0.2) is 0 Å². The molecule has 1 aliphatic heterocycles. The van der Waals surface area contributed by atoms with Crippen LogP contribution in [0, 0.1) is 0 Å². The van der Waals surface area contributed by atoms with Crippen LogP contribution >= 0.6 is 0 Å². The van der Waals surface area contributed by atoms with E-state index in [1.807, 2.05) is 0 Å². The maximum Gasteiger partial charge on any atom is 0.335 e. The number of sulfonamides is 1. The second-order valence-corrected chi connectivity index (χ2v) is 6.32. The lowest BCUT2D eigenvalue weighted by Gasteiger charge is -2.13. The van der Waals surface area contributed by atoms with E-state index in [-0.39, 0.29) is 28.9 Å². The van der Waals surface area contributed by atoms with Crippen LogP contribution in [0.15, 0.2) is 18.2 Å². The predicted octanol–water partition coefficient (Wildman–Crippen LogP) is 1.01. The van der Waals surface area contributed by atoms with Crippen molar-refractivity contribution in [1.82, 2.24) is 0 Å². The van der Waals surface area contributed by atoms with Crippen LogP contribution in [-0.2, 0) is 14.8 Å². The number of hydrogen-bond acceptors (Lipinski definition) is 5. The van der Waals surface area contributed by atoms with Gasteiger partial charge in [-0.3, -0.25) is 4.72 Å². The Kier molecular flexibility index (Phi) is 4.15. The van der Waals surface area contributed by atoms with E-state index >= 15 is 0 Å². The van der Waals surface area contributed by atoms with Crippen LogP contribution in [0.5, 0.6) is 5.75 Å². The van der Waals surface area contributed by atoms with E-state index in [4.69, 9.17) is 9.84 Å². The summed E-state index contributed by atoms with van der Waals surface area (Å²) in [7, 11) is -3.71. The summed E-state index contributed by atoms with van der Waals surface area (Å²) in [6.07, 6.45) is 1.12. The summed E-state index contributed by atoms with van der Waals surface area (Å²) in [4.78, 5) is 10.8. The first kappa shape index (κ1) is 14.6. The number of anilines is 1. The smallest absolute Gasteiger partial charge is 0.335 e. The molecule has 0 amide bonds. The fourth-order valence-corrected chi connectivity index (χ4v) is 3.31. The van der Waals surface area contributed by atoms with Gasteiger partial charge in [-0.1, -0.05) is 0 Å². The van der Waals surface area contributed by atoms with Crippen molar-refractivity contribution in [2.45, 2.75) is 18.9 Å². The number of hydrogen-bond donors (Lipinski definition) is 3. The van der Waals surface area contributed by atoms with Crippen LogP contribution in [0.4, 0.5) is 5.69 Å². The summed E-state index contributed by atoms with van der Waals surface area (Å²) in [6, 6.07) is 3.40. The maximum atomic E-state index is 11.9. The van der Waals surface area contributed by atoms with Gasteiger partial charge in [-0.2, -0.15) is 0 Å². The number of phenolic OH excluding ortho intramolecular Hbond substituents is 1. The van der Waals surface area contributed by atoms with Crippen molar-refractivity contribution in [3.63, 3.8) is 0 Å². The normalized spacial score (nSPS) is 18.9. The van der Waals surface area contributed by atoms with Crippen molar-refractivity contribution in [3.05, 3.63) is 23.8 Å². The number of ether oxygens (including phenoxy) is 1. The van der Waals surface area contributed by atoms with Crippen molar-refractivity contribution < 1.29 is 28.2 Å². The average Bonchev–Trinajstić information content (AvgIpc) is 2.83. The molecule has 1 aliphatic rings. The van der Waals surface area contributed by atoms with Crippen molar-refractivity contribution in [1.29, 1.82) is 0 Å². The van der Waals surface area contributed by atoms with Gasteiger partial charge in [-0.05, 0) is 31.0 Å². The Morgan fingerprint density at radius 3 is 2.80 bits per heavy atom. The number of aromatic carboxylic acids is 1. The Balaban J connectivity index is 2.15. The first-order valence-corrected chi connectivity index (χ1v) is 7.71. The molecule has 0 radical (unpaired) electrons. The quantitative estimate of drug-likeness (QED) is 0.700. The number of phenols is 1. The average molecular weight is 301 g/mol. The van der Waals surface area contributed by atoms with Gasteiger partial charge in [0.25, 0.3) is 0 Å². The second kappa shape index (κ2) is 5.68. The van der Waals surface area contributed by atoms with Gasteiger partial charge in [-0.25, -0.2) is 13.2 Å². The van der Waals surface area contributed by atoms with Gasteiger partial charge in [-0.15, -0.1) is 0 Å². The molecule has 2 rings (SSSR count). The van der Waals surface area contributed by atoms with E-state index in [0.29, 0.717) is 13.0 Å². The fourth-order valence-electron chi connectivity index (χ4n) is 1.98. The lowest BCUT2D eigenvalue weighted by Crippen LogP contribution is -2.25. The van der Waals surface area contributed by atoms with Crippen LogP contribution in [0.2, 0.25) is 0 Å². The lowest BCUT2D eigenvalue weighted by atomic mass is 10.2. The molecule has 0 saturated carbocycles.